The summed E-state index contributed by atoms with van der Waals surface area (Å²) in [6.45, 7) is 3.08. The molecule has 6 heteroatoms. The lowest BCUT2D eigenvalue weighted by molar-refractivity contribution is -0.134. The lowest BCUT2D eigenvalue weighted by Gasteiger charge is -2.01. The van der Waals surface area contributed by atoms with E-state index in [2.05, 4.69) is 10.3 Å². The summed E-state index contributed by atoms with van der Waals surface area (Å²) in [5.41, 5.74) is 4.07. The van der Waals surface area contributed by atoms with Crippen molar-refractivity contribution in [3.05, 3.63) is 34.2 Å². The number of rotatable bonds is 1. The second kappa shape index (κ2) is 5.83. The van der Waals surface area contributed by atoms with E-state index in [4.69, 9.17) is 9.90 Å². The van der Waals surface area contributed by atoms with Gasteiger partial charge in [-0.05, 0) is 24.6 Å². The van der Waals surface area contributed by atoms with Crippen LogP contribution in [0.5, 0.6) is 0 Å². The first-order valence-corrected chi connectivity index (χ1v) is 6.88. The Morgan fingerprint density at radius 3 is 2.75 bits per heavy atom. The standard InChI is InChI=1S/C12H10N2OS.C2H4O2/c1-7-13-11(6-16-7)8-2-3-10-9(4-8)5-12(15)14-10;1-2(3)4/h2-4,6H,5H2,1H3,(H,14,15);1H3,(H,3,4). The highest BCUT2D eigenvalue weighted by molar-refractivity contribution is 7.09. The van der Waals surface area contributed by atoms with Gasteiger partial charge in [0.2, 0.25) is 5.91 Å². The number of aromatic nitrogens is 1. The lowest BCUT2D eigenvalue weighted by atomic mass is 10.1. The molecule has 104 valence electrons. The molecule has 1 amide bonds. The first-order chi connectivity index (χ1) is 9.45. The third-order valence-corrected chi connectivity index (χ3v) is 3.42. The van der Waals surface area contributed by atoms with E-state index in [1.165, 1.54) is 0 Å². The van der Waals surface area contributed by atoms with Crippen LogP contribution in [0.2, 0.25) is 0 Å². The number of nitrogens with zero attached hydrogens (tertiary/aromatic N) is 1. The second-order valence-corrected chi connectivity index (χ2v) is 5.43. The van der Waals surface area contributed by atoms with Crippen LogP contribution < -0.4 is 5.32 Å². The summed E-state index contributed by atoms with van der Waals surface area (Å²) in [6.07, 6.45) is 0.478. The topological polar surface area (TPSA) is 79.3 Å². The molecular weight excluding hydrogens is 276 g/mol. The maximum atomic E-state index is 11.2. The van der Waals surface area contributed by atoms with Crippen molar-refractivity contribution in [3.8, 4) is 11.3 Å². The zero-order valence-electron chi connectivity index (χ0n) is 11.1. The maximum Gasteiger partial charge on any atom is 0.300 e. The number of carboxylic acid groups (broad SMARTS) is 1. The van der Waals surface area contributed by atoms with E-state index in [-0.39, 0.29) is 5.91 Å². The van der Waals surface area contributed by atoms with Crippen LogP contribution in [0.25, 0.3) is 11.3 Å². The molecule has 1 aliphatic rings. The molecule has 0 fully saturated rings. The Bertz CT molecular complexity index is 660. The third kappa shape index (κ3) is 3.42. The highest BCUT2D eigenvalue weighted by Crippen LogP contribution is 2.29. The molecule has 2 heterocycles. The summed E-state index contributed by atoms with van der Waals surface area (Å²) in [7, 11) is 0. The second-order valence-electron chi connectivity index (χ2n) is 4.37. The van der Waals surface area contributed by atoms with E-state index >= 15 is 0 Å². The molecule has 0 saturated carbocycles. The van der Waals surface area contributed by atoms with Gasteiger partial charge < -0.3 is 10.4 Å². The Hall–Kier alpha value is -2.21. The highest BCUT2D eigenvalue weighted by Gasteiger charge is 2.18. The number of carboxylic acids is 1. The average Bonchev–Trinajstić information content (AvgIpc) is 2.92. The number of nitrogens with one attached hydrogen (secondary N) is 1. The molecule has 0 unspecified atom stereocenters. The molecule has 1 aromatic heterocycles. The van der Waals surface area contributed by atoms with Crippen molar-refractivity contribution in [1.82, 2.24) is 4.98 Å². The zero-order chi connectivity index (χ0) is 14.7. The van der Waals surface area contributed by atoms with Gasteiger partial charge in [-0.2, -0.15) is 0 Å². The molecular formula is C14H14N2O3S. The number of amides is 1. The van der Waals surface area contributed by atoms with Crippen LogP contribution in [-0.4, -0.2) is 22.0 Å². The van der Waals surface area contributed by atoms with Gasteiger partial charge in [-0.1, -0.05) is 6.07 Å². The van der Waals surface area contributed by atoms with Gasteiger partial charge >= 0.3 is 0 Å². The van der Waals surface area contributed by atoms with Crippen molar-refractivity contribution in [3.63, 3.8) is 0 Å². The van der Waals surface area contributed by atoms with Crippen LogP contribution in [-0.2, 0) is 16.0 Å². The van der Waals surface area contributed by atoms with Crippen molar-refractivity contribution >= 4 is 28.9 Å². The Balaban J connectivity index is 0.000000328. The fourth-order valence-corrected chi connectivity index (χ4v) is 2.51. The Morgan fingerprint density at radius 2 is 2.15 bits per heavy atom. The van der Waals surface area contributed by atoms with Gasteiger partial charge in [-0.15, -0.1) is 11.3 Å². The third-order valence-electron chi connectivity index (χ3n) is 2.65. The number of aryl methyl sites for hydroxylation is 1. The van der Waals surface area contributed by atoms with Crippen LogP contribution >= 0.6 is 11.3 Å². The first-order valence-electron chi connectivity index (χ1n) is 6.00. The molecule has 0 radical (unpaired) electrons. The van der Waals surface area contributed by atoms with Crippen LogP contribution in [0, 0.1) is 6.92 Å². The van der Waals surface area contributed by atoms with Gasteiger partial charge in [0.1, 0.15) is 0 Å². The Morgan fingerprint density at radius 1 is 1.45 bits per heavy atom. The molecule has 1 aromatic carbocycles. The van der Waals surface area contributed by atoms with Crippen molar-refractivity contribution in [2.24, 2.45) is 0 Å². The van der Waals surface area contributed by atoms with Gasteiger partial charge in [-0.25, -0.2) is 4.98 Å². The summed E-state index contributed by atoms with van der Waals surface area (Å²) in [6, 6.07) is 5.99. The summed E-state index contributed by atoms with van der Waals surface area (Å²) < 4.78 is 0. The van der Waals surface area contributed by atoms with Gasteiger partial charge in [0.15, 0.2) is 0 Å². The summed E-state index contributed by atoms with van der Waals surface area (Å²) in [5.74, 6) is -0.762. The molecule has 0 bridgehead atoms. The normalized spacial score (nSPS) is 12.2. The van der Waals surface area contributed by atoms with Crippen LogP contribution in [0.1, 0.15) is 17.5 Å². The molecule has 2 aromatic rings. The molecule has 0 saturated heterocycles. The van der Waals surface area contributed by atoms with E-state index in [0.717, 1.165) is 34.4 Å². The maximum absolute atomic E-state index is 11.2. The number of benzene rings is 1. The average molecular weight is 290 g/mol. The van der Waals surface area contributed by atoms with Crippen LogP contribution in [0.4, 0.5) is 5.69 Å². The summed E-state index contributed by atoms with van der Waals surface area (Å²) >= 11 is 1.64. The quantitative estimate of drug-likeness (QED) is 0.846. The number of thiazole rings is 1. The number of anilines is 1. The summed E-state index contributed by atoms with van der Waals surface area (Å²) in [5, 5.41) is 13.3. The smallest absolute Gasteiger partial charge is 0.300 e. The van der Waals surface area contributed by atoms with Gasteiger partial charge in [-0.3, -0.25) is 9.59 Å². The van der Waals surface area contributed by atoms with Crippen molar-refractivity contribution in [2.45, 2.75) is 20.3 Å². The number of hydrogen-bond donors (Lipinski definition) is 2. The van der Waals surface area contributed by atoms with E-state index < -0.39 is 5.97 Å². The SMILES string of the molecule is CC(=O)O.Cc1nc(-c2ccc3c(c2)CC(=O)N3)cs1. The number of aliphatic carboxylic acids is 1. The predicted octanol–water partition coefficient (Wildman–Crippen LogP) is 2.70. The van der Waals surface area contributed by atoms with E-state index in [1.807, 2.05) is 30.5 Å². The zero-order valence-corrected chi connectivity index (χ0v) is 12.0. The van der Waals surface area contributed by atoms with Crippen LogP contribution in [0.3, 0.4) is 0 Å². The molecule has 20 heavy (non-hydrogen) atoms. The fourth-order valence-electron chi connectivity index (χ4n) is 1.88. The molecule has 0 atom stereocenters. The van der Waals surface area contributed by atoms with Gasteiger partial charge in [0.25, 0.3) is 5.97 Å². The molecule has 0 aliphatic carbocycles. The van der Waals surface area contributed by atoms with Crippen LogP contribution in [0.15, 0.2) is 23.6 Å². The summed E-state index contributed by atoms with van der Waals surface area (Å²) in [4.78, 5) is 24.7. The molecule has 5 nitrogen and oxygen atoms in total. The minimum absolute atomic E-state index is 0.0709. The fraction of sp³-hybridized carbons (Fsp3) is 0.214. The lowest BCUT2D eigenvalue weighted by Crippen LogP contribution is -2.03. The number of carbonyl (C=O) groups is 2. The minimum Gasteiger partial charge on any atom is -0.481 e. The Kier molecular flexibility index (Phi) is 4.14. The van der Waals surface area contributed by atoms with Gasteiger partial charge in [0, 0.05) is 23.6 Å². The van der Waals surface area contributed by atoms with Crippen molar-refractivity contribution in [1.29, 1.82) is 0 Å². The number of fused-ring (bicyclic) bond motifs is 1. The van der Waals surface area contributed by atoms with Crippen molar-refractivity contribution in [2.75, 3.05) is 5.32 Å². The number of carbonyl (C=O) groups excluding carboxylic acids is 1. The molecule has 1 aliphatic heterocycles. The number of hydrogen-bond acceptors (Lipinski definition) is 4. The highest BCUT2D eigenvalue weighted by atomic mass is 32.1. The predicted molar refractivity (Wildman–Crippen MR) is 77.9 cm³/mol. The van der Waals surface area contributed by atoms with Gasteiger partial charge in [0.05, 0.1) is 17.1 Å². The monoisotopic (exact) mass is 290 g/mol. The minimum atomic E-state index is -0.833. The first kappa shape index (κ1) is 14.2. The molecule has 2 N–H and O–H groups in total. The molecule has 0 spiro atoms. The largest absolute Gasteiger partial charge is 0.481 e. The van der Waals surface area contributed by atoms with E-state index in [9.17, 15) is 4.79 Å². The molecule has 3 rings (SSSR count). The van der Waals surface area contributed by atoms with E-state index in [1.54, 1.807) is 11.3 Å². The Labute approximate surface area is 120 Å². The van der Waals surface area contributed by atoms with Crippen molar-refractivity contribution < 1.29 is 14.7 Å². The van der Waals surface area contributed by atoms with E-state index in [0.29, 0.717) is 6.42 Å².